The molecule has 0 radical (unpaired) electrons. The van der Waals surface area contributed by atoms with Crippen molar-refractivity contribution in [2.45, 2.75) is 30.6 Å². The Morgan fingerprint density at radius 1 is 0.806 bits per heavy atom. The van der Waals surface area contributed by atoms with Gasteiger partial charge in [-0.15, -0.1) is 0 Å². The van der Waals surface area contributed by atoms with Crippen LogP contribution in [0.15, 0.2) is 71.6 Å². The lowest BCUT2D eigenvalue weighted by Gasteiger charge is -2.29. The zero-order chi connectivity index (χ0) is 25.1. The fourth-order valence-corrected chi connectivity index (χ4v) is 6.43. The molecule has 1 fully saturated rings. The van der Waals surface area contributed by atoms with Crippen LogP contribution in [0.25, 0.3) is 21.7 Å². The average Bonchev–Trinajstić information content (AvgIpc) is 2.90. The van der Waals surface area contributed by atoms with Crippen molar-refractivity contribution in [2.24, 2.45) is 11.8 Å². The lowest BCUT2D eigenvalue weighted by molar-refractivity contribution is 0.284. The van der Waals surface area contributed by atoms with Crippen molar-refractivity contribution in [3.05, 3.63) is 66.7 Å². The van der Waals surface area contributed by atoms with Crippen molar-refractivity contribution < 1.29 is 8.42 Å². The maximum Gasteiger partial charge on any atom is 0.241 e. The van der Waals surface area contributed by atoms with E-state index in [1.165, 1.54) is 0 Å². The zero-order valence-corrected chi connectivity index (χ0v) is 21.6. The van der Waals surface area contributed by atoms with Gasteiger partial charge in [0, 0.05) is 38.0 Å². The number of fused-ring (bicyclic) bond motifs is 2. The van der Waals surface area contributed by atoms with Crippen LogP contribution in [0, 0.1) is 11.8 Å². The van der Waals surface area contributed by atoms with Crippen LogP contribution < -0.4 is 14.9 Å². The second-order valence-corrected chi connectivity index (χ2v) is 11.6. The molecule has 5 rings (SSSR count). The van der Waals surface area contributed by atoms with E-state index < -0.39 is 10.0 Å². The van der Waals surface area contributed by atoms with Gasteiger partial charge in [-0.1, -0.05) is 48.5 Å². The molecule has 2 N–H and O–H groups in total. The summed E-state index contributed by atoms with van der Waals surface area (Å²) in [6, 6.07) is 21.1. The predicted molar refractivity (Wildman–Crippen MR) is 147 cm³/mol. The first-order chi connectivity index (χ1) is 17.4. The molecular weight excluding hydrogens is 470 g/mol. The minimum Gasteiger partial charge on any atom is -0.362 e. The molecule has 8 heteroatoms. The summed E-state index contributed by atoms with van der Waals surface area (Å²) in [6.07, 6.45) is 4.13. The van der Waals surface area contributed by atoms with Crippen LogP contribution in [0.3, 0.4) is 0 Å². The molecule has 0 unspecified atom stereocenters. The molecule has 0 spiro atoms. The van der Waals surface area contributed by atoms with Gasteiger partial charge in [-0.05, 0) is 61.1 Å². The quantitative estimate of drug-likeness (QED) is 0.350. The van der Waals surface area contributed by atoms with Crippen LogP contribution in [-0.4, -0.2) is 45.6 Å². The minimum absolute atomic E-state index is 0.350. The van der Waals surface area contributed by atoms with Crippen LogP contribution >= 0.6 is 0 Å². The molecule has 0 bridgehead atoms. The molecule has 4 aromatic rings. The van der Waals surface area contributed by atoms with Crippen LogP contribution in [0.2, 0.25) is 0 Å². The topological polar surface area (TPSA) is 87.2 Å². The summed E-state index contributed by atoms with van der Waals surface area (Å²) in [7, 11) is 0.431. The van der Waals surface area contributed by atoms with Gasteiger partial charge in [-0.25, -0.2) is 18.1 Å². The summed E-state index contributed by atoms with van der Waals surface area (Å²) < 4.78 is 29.0. The highest BCUT2D eigenvalue weighted by Crippen LogP contribution is 2.30. The van der Waals surface area contributed by atoms with Crippen molar-refractivity contribution in [3.8, 4) is 0 Å². The van der Waals surface area contributed by atoms with Crippen molar-refractivity contribution in [1.82, 2.24) is 14.7 Å². The van der Waals surface area contributed by atoms with Crippen LogP contribution in [0.4, 0.5) is 11.8 Å². The lowest BCUT2D eigenvalue weighted by atomic mass is 9.82. The number of hydrogen-bond donors (Lipinski definition) is 2. The number of nitrogens with one attached hydrogen (secondary N) is 2. The lowest BCUT2D eigenvalue weighted by Crippen LogP contribution is -2.32. The average molecular weight is 504 g/mol. The normalized spacial score (nSPS) is 18.4. The fraction of sp³-hybridized carbons (Fsp3) is 0.357. The highest BCUT2D eigenvalue weighted by Gasteiger charge is 2.24. The standard InChI is InChI=1S/C28H33N5O2S/c1-33(2)27-24-11-5-6-12-25(24)31-28(32-27)29-18-20-14-16-21(17-15-20)19-30-36(34,35)26-13-7-9-22-8-3-4-10-23(22)26/h3-13,20-21,30H,14-19H2,1-2H3,(H,29,31,32)/t20-,21-. The van der Waals surface area contributed by atoms with Gasteiger partial charge in [0.25, 0.3) is 0 Å². The van der Waals surface area contributed by atoms with Crippen molar-refractivity contribution >= 4 is 43.5 Å². The third-order valence-corrected chi connectivity index (χ3v) is 8.60. The van der Waals surface area contributed by atoms with Crippen molar-refractivity contribution in [2.75, 3.05) is 37.4 Å². The van der Waals surface area contributed by atoms with Crippen LogP contribution in [-0.2, 0) is 10.0 Å². The number of para-hydroxylation sites is 1. The molecule has 0 amide bonds. The monoisotopic (exact) mass is 503 g/mol. The van der Waals surface area contributed by atoms with E-state index in [2.05, 4.69) is 10.0 Å². The smallest absolute Gasteiger partial charge is 0.241 e. The number of aromatic nitrogens is 2. The van der Waals surface area contributed by atoms with E-state index in [0.717, 1.165) is 59.7 Å². The first kappa shape index (κ1) is 24.5. The van der Waals surface area contributed by atoms with E-state index in [1.54, 1.807) is 12.1 Å². The first-order valence-corrected chi connectivity index (χ1v) is 14.0. The molecule has 0 saturated heterocycles. The van der Waals surface area contributed by atoms with E-state index in [0.29, 0.717) is 29.2 Å². The summed E-state index contributed by atoms with van der Waals surface area (Å²) in [5, 5.41) is 6.18. The molecule has 36 heavy (non-hydrogen) atoms. The van der Waals surface area contributed by atoms with Crippen molar-refractivity contribution in [1.29, 1.82) is 0 Å². The van der Waals surface area contributed by atoms with Gasteiger partial charge in [0.2, 0.25) is 16.0 Å². The number of nitrogens with zero attached hydrogens (tertiary/aromatic N) is 3. The molecule has 188 valence electrons. The van der Waals surface area contributed by atoms with Crippen LogP contribution in [0.5, 0.6) is 0 Å². The van der Waals surface area contributed by atoms with Gasteiger partial charge in [0.1, 0.15) is 5.82 Å². The number of benzene rings is 3. The second kappa shape index (κ2) is 10.4. The number of hydrogen-bond acceptors (Lipinski definition) is 6. The van der Waals surface area contributed by atoms with Gasteiger partial charge >= 0.3 is 0 Å². The third-order valence-electron chi connectivity index (χ3n) is 7.12. The SMILES string of the molecule is CN(C)c1nc(NC[C@H]2CC[C@H](CNS(=O)(=O)c3cccc4ccccc34)CC2)nc2ccccc12. The Kier molecular flexibility index (Phi) is 7.07. The Labute approximate surface area is 213 Å². The summed E-state index contributed by atoms with van der Waals surface area (Å²) in [5.41, 5.74) is 0.931. The summed E-state index contributed by atoms with van der Waals surface area (Å²) in [5.74, 6) is 2.43. The maximum absolute atomic E-state index is 13.0. The fourth-order valence-electron chi connectivity index (χ4n) is 5.09. The number of sulfonamides is 1. The van der Waals surface area contributed by atoms with E-state index in [-0.39, 0.29) is 0 Å². The Morgan fingerprint density at radius 3 is 2.19 bits per heavy atom. The molecule has 1 aliphatic rings. The maximum atomic E-state index is 13.0. The number of anilines is 2. The van der Waals surface area contributed by atoms with Gasteiger partial charge in [-0.2, -0.15) is 4.98 Å². The zero-order valence-electron chi connectivity index (χ0n) is 20.8. The molecule has 1 aromatic heterocycles. The molecular formula is C28H33N5O2S. The molecule has 1 aliphatic carbocycles. The van der Waals surface area contributed by atoms with Crippen molar-refractivity contribution in [3.63, 3.8) is 0 Å². The van der Waals surface area contributed by atoms with Crippen LogP contribution in [0.1, 0.15) is 25.7 Å². The largest absolute Gasteiger partial charge is 0.362 e. The van der Waals surface area contributed by atoms with Gasteiger partial charge in [0.05, 0.1) is 10.4 Å². The Bertz CT molecular complexity index is 1460. The van der Waals surface area contributed by atoms with E-state index >= 15 is 0 Å². The highest BCUT2D eigenvalue weighted by molar-refractivity contribution is 7.89. The van der Waals surface area contributed by atoms with Gasteiger partial charge in [0.15, 0.2) is 0 Å². The molecule has 0 atom stereocenters. The first-order valence-electron chi connectivity index (χ1n) is 12.6. The van der Waals surface area contributed by atoms with E-state index in [1.807, 2.05) is 73.6 Å². The summed E-state index contributed by atoms with van der Waals surface area (Å²) >= 11 is 0. The third kappa shape index (κ3) is 5.29. The van der Waals surface area contributed by atoms with E-state index in [9.17, 15) is 8.42 Å². The molecule has 1 heterocycles. The molecule has 3 aromatic carbocycles. The Morgan fingerprint density at radius 2 is 1.44 bits per heavy atom. The predicted octanol–water partition coefficient (Wildman–Crippen LogP) is 5.05. The minimum atomic E-state index is -3.56. The van der Waals surface area contributed by atoms with Gasteiger partial charge < -0.3 is 10.2 Å². The Balaban J connectivity index is 1.15. The summed E-state index contributed by atoms with van der Waals surface area (Å²) in [4.78, 5) is 11.8. The molecule has 1 saturated carbocycles. The Hall–Kier alpha value is -3.23. The highest BCUT2D eigenvalue weighted by atomic mass is 32.2. The van der Waals surface area contributed by atoms with Gasteiger partial charge in [-0.3, -0.25) is 0 Å². The molecule has 7 nitrogen and oxygen atoms in total. The number of rotatable bonds is 8. The molecule has 0 aliphatic heterocycles. The summed E-state index contributed by atoms with van der Waals surface area (Å²) in [6.45, 7) is 1.30. The van der Waals surface area contributed by atoms with E-state index in [4.69, 9.17) is 9.97 Å². The second-order valence-electron chi connectivity index (χ2n) is 9.88.